The van der Waals surface area contributed by atoms with E-state index in [1.54, 1.807) is 6.07 Å². The Morgan fingerprint density at radius 2 is 1.67 bits per heavy atom. The molecule has 0 spiro atoms. The van der Waals surface area contributed by atoms with E-state index in [9.17, 15) is 31.5 Å². The lowest BCUT2D eigenvalue weighted by molar-refractivity contribution is -0.242. The standard InChI is InChI=1S/C17H14Cl3F3N2O4S/c1-16(27,17(21,22)23)15(26)25-14-5-3-10(7-13(14)20)30(28,29)24-8-9-2-4-11(18)12(19)6-9/h2-7,24,27H,8H2,1H3,(H,25,26)/t16-/m1/s1. The van der Waals surface area contributed by atoms with Gasteiger partial charge in [0.2, 0.25) is 15.6 Å². The lowest BCUT2D eigenvalue weighted by atomic mass is 10.1. The normalized spacial score (nSPS) is 14.3. The minimum absolute atomic E-state index is 0.121. The summed E-state index contributed by atoms with van der Waals surface area (Å²) in [5, 5.41) is 11.4. The van der Waals surface area contributed by atoms with Crippen molar-refractivity contribution < 1.29 is 31.5 Å². The minimum Gasteiger partial charge on any atom is -0.373 e. The summed E-state index contributed by atoms with van der Waals surface area (Å²) in [6, 6.07) is 7.51. The molecule has 0 unspecified atom stereocenters. The van der Waals surface area contributed by atoms with Gasteiger partial charge in [0.15, 0.2) is 0 Å². The van der Waals surface area contributed by atoms with Crippen LogP contribution in [0, 0.1) is 0 Å². The number of nitrogens with one attached hydrogen (secondary N) is 2. The van der Waals surface area contributed by atoms with E-state index in [2.05, 4.69) is 4.72 Å². The van der Waals surface area contributed by atoms with E-state index < -0.39 is 27.7 Å². The maximum atomic E-state index is 12.7. The number of aliphatic hydroxyl groups is 1. The number of carbonyl (C=O) groups excluding carboxylic acids is 1. The summed E-state index contributed by atoms with van der Waals surface area (Å²) in [6.45, 7) is 0.159. The van der Waals surface area contributed by atoms with Gasteiger partial charge >= 0.3 is 6.18 Å². The van der Waals surface area contributed by atoms with Crippen molar-refractivity contribution in [2.24, 2.45) is 0 Å². The van der Waals surface area contributed by atoms with Gasteiger partial charge in [0, 0.05) is 6.54 Å². The van der Waals surface area contributed by atoms with E-state index >= 15 is 0 Å². The number of halogens is 6. The molecule has 0 bridgehead atoms. The lowest BCUT2D eigenvalue weighted by Crippen LogP contribution is -2.52. The molecule has 2 rings (SSSR count). The summed E-state index contributed by atoms with van der Waals surface area (Å²) in [5.41, 5.74) is -3.45. The van der Waals surface area contributed by atoms with Crippen molar-refractivity contribution in [1.82, 2.24) is 4.72 Å². The molecule has 0 aliphatic heterocycles. The van der Waals surface area contributed by atoms with Gasteiger partial charge in [-0.25, -0.2) is 13.1 Å². The second-order valence-corrected chi connectivity index (χ2v) is 9.23. The molecule has 1 amide bonds. The molecule has 0 radical (unpaired) electrons. The Hall–Kier alpha value is -1.56. The fourth-order valence-electron chi connectivity index (χ4n) is 2.05. The number of carbonyl (C=O) groups is 1. The monoisotopic (exact) mass is 504 g/mol. The third-order valence-electron chi connectivity index (χ3n) is 3.94. The first kappa shape index (κ1) is 24.7. The highest BCUT2D eigenvalue weighted by Gasteiger charge is 2.55. The van der Waals surface area contributed by atoms with Gasteiger partial charge in [-0.05, 0) is 42.8 Å². The Bertz CT molecular complexity index is 1080. The second kappa shape index (κ2) is 8.89. The zero-order valence-corrected chi connectivity index (χ0v) is 18.1. The Balaban J connectivity index is 2.17. The van der Waals surface area contributed by atoms with Crippen LogP contribution < -0.4 is 10.0 Å². The van der Waals surface area contributed by atoms with Gasteiger partial charge < -0.3 is 10.4 Å². The zero-order valence-electron chi connectivity index (χ0n) is 15.0. The summed E-state index contributed by atoms with van der Waals surface area (Å²) in [4.78, 5) is 11.4. The van der Waals surface area contributed by atoms with Gasteiger partial charge in [0.25, 0.3) is 5.91 Å². The number of hydrogen-bond donors (Lipinski definition) is 3. The van der Waals surface area contributed by atoms with E-state index in [-0.39, 0.29) is 34.1 Å². The third kappa shape index (κ3) is 5.57. The largest absolute Gasteiger partial charge is 0.426 e. The number of benzene rings is 2. The molecule has 6 nitrogen and oxygen atoms in total. The van der Waals surface area contributed by atoms with Crippen LogP contribution in [0.4, 0.5) is 18.9 Å². The summed E-state index contributed by atoms with van der Waals surface area (Å²) in [6.07, 6.45) is -5.22. The van der Waals surface area contributed by atoms with E-state index in [1.807, 2.05) is 5.32 Å². The van der Waals surface area contributed by atoms with Crippen molar-refractivity contribution in [2.45, 2.75) is 30.1 Å². The molecular formula is C17H14Cl3F3N2O4S. The van der Waals surface area contributed by atoms with Crippen molar-refractivity contribution in [3.63, 3.8) is 0 Å². The smallest absolute Gasteiger partial charge is 0.373 e. The van der Waals surface area contributed by atoms with Crippen molar-refractivity contribution in [3.05, 3.63) is 57.0 Å². The maximum Gasteiger partial charge on any atom is 0.426 e. The summed E-state index contributed by atoms with van der Waals surface area (Å²) in [5.74, 6) is -1.77. The van der Waals surface area contributed by atoms with E-state index in [0.717, 1.165) is 18.2 Å². The first-order chi connectivity index (χ1) is 13.6. The fraction of sp³-hybridized carbons (Fsp3) is 0.235. The number of anilines is 1. The van der Waals surface area contributed by atoms with E-state index in [0.29, 0.717) is 10.6 Å². The second-order valence-electron chi connectivity index (χ2n) is 6.24. The number of hydrogen-bond acceptors (Lipinski definition) is 4. The van der Waals surface area contributed by atoms with Gasteiger partial charge in [0.05, 0.1) is 25.7 Å². The van der Waals surface area contributed by atoms with Crippen LogP contribution in [-0.4, -0.2) is 31.2 Å². The van der Waals surface area contributed by atoms with Gasteiger partial charge in [-0.15, -0.1) is 0 Å². The van der Waals surface area contributed by atoms with Gasteiger partial charge in [0.1, 0.15) is 0 Å². The quantitative estimate of drug-likeness (QED) is 0.543. The lowest BCUT2D eigenvalue weighted by Gasteiger charge is -2.25. The molecule has 1 atom stereocenters. The van der Waals surface area contributed by atoms with Crippen molar-refractivity contribution in [1.29, 1.82) is 0 Å². The zero-order chi connectivity index (χ0) is 22.9. The van der Waals surface area contributed by atoms with Crippen molar-refractivity contribution in [2.75, 3.05) is 5.32 Å². The van der Waals surface area contributed by atoms with Gasteiger partial charge in [-0.1, -0.05) is 40.9 Å². The first-order valence-electron chi connectivity index (χ1n) is 7.99. The van der Waals surface area contributed by atoms with Crippen LogP contribution in [0.2, 0.25) is 15.1 Å². The molecule has 0 aliphatic rings. The molecule has 0 saturated heterocycles. The summed E-state index contributed by atoms with van der Waals surface area (Å²) < 4.78 is 65.4. The van der Waals surface area contributed by atoms with Crippen molar-refractivity contribution >= 4 is 56.4 Å². The molecule has 0 aromatic heterocycles. The predicted octanol–water partition coefficient (Wildman–Crippen LogP) is 4.38. The maximum absolute atomic E-state index is 12.7. The minimum atomic E-state index is -5.22. The summed E-state index contributed by atoms with van der Waals surface area (Å²) >= 11 is 17.6. The van der Waals surface area contributed by atoms with Crippen LogP contribution >= 0.6 is 34.8 Å². The van der Waals surface area contributed by atoms with Crippen LogP contribution in [0.3, 0.4) is 0 Å². The molecule has 0 heterocycles. The van der Waals surface area contributed by atoms with Crippen LogP contribution in [-0.2, 0) is 21.4 Å². The highest BCUT2D eigenvalue weighted by Crippen LogP contribution is 2.32. The number of amides is 1. The van der Waals surface area contributed by atoms with E-state index in [1.165, 1.54) is 12.1 Å². The highest BCUT2D eigenvalue weighted by molar-refractivity contribution is 7.89. The third-order valence-corrected chi connectivity index (χ3v) is 6.39. The molecule has 3 N–H and O–H groups in total. The average molecular weight is 506 g/mol. The van der Waals surface area contributed by atoms with Crippen LogP contribution in [0.15, 0.2) is 41.3 Å². The Morgan fingerprint density at radius 1 is 1.03 bits per heavy atom. The fourth-order valence-corrected chi connectivity index (χ4v) is 3.71. The van der Waals surface area contributed by atoms with Crippen molar-refractivity contribution in [3.8, 4) is 0 Å². The number of alkyl halides is 3. The molecular weight excluding hydrogens is 492 g/mol. The van der Waals surface area contributed by atoms with Gasteiger partial charge in [-0.2, -0.15) is 13.2 Å². The molecule has 2 aromatic carbocycles. The number of rotatable bonds is 6. The van der Waals surface area contributed by atoms with Crippen LogP contribution in [0.1, 0.15) is 12.5 Å². The SMILES string of the molecule is C[C@@](O)(C(=O)Nc1ccc(S(=O)(=O)NCc2ccc(Cl)c(Cl)c2)cc1Cl)C(F)(F)F. The first-order valence-corrected chi connectivity index (χ1v) is 10.6. The molecule has 164 valence electrons. The Morgan fingerprint density at radius 3 is 2.20 bits per heavy atom. The highest BCUT2D eigenvalue weighted by atomic mass is 35.5. The average Bonchev–Trinajstić information content (AvgIpc) is 2.63. The molecule has 0 fully saturated rings. The molecule has 0 saturated carbocycles. The molecule has 30 heavy (non-hydrogen) atoms. The Kier molecular flexibility index (Phi) is 7.33. The molecule has 2 aromatic rings. The predicted molar refractivity (Wildman–Crippen MR) is 107 cm³/mol. The van der Waals surface area contributed by atoms with Crippen LogP contribution in [0.25, 0.3) is 0 Å². The number of sulfonamides is 1. The van der Waals surface area contributed by atoms with Crippen LogP contribution in [0.5, 0.6) is 0 Å². The van der Waals surface area contributed by atoms with Gasteiger partial charge in [-0.3, -0.25) is 4.79 Å². The summed E-state index contributed by atoms with van der Waals surface area (Å²) in [7, 11) is -4.05. The topological polar surface area (TPSA) is 95.5 Å². The molecule has 13 heteroatoms. The Labute approximate surface area is 185 Å². The molecule has 0 aliphatic carbocycles. The van der Waals surface area contributed by atoms with E-state index in [4.69, 9.17) is 34.8 Å².